The predicted octanol–water partition coefficient (Wildman–Crippen LogP) is 2.98. The van der Waals surface area contributed by atoms with Gasteiger partial charge in [-0.25, -0.2) is 4.79 Å². The molecule has 1 rings (SSSR count). The molecule has 0 atom stereocenters. The predicted molar refractivity (Wildman–Crippen MR) is 78.5 cm³/mol. The number of benzene rings is 1. The Morgan fingerprint density at radius 1 is 1.32 bits per heavy atom. The summed E-state index contributed by atoms with van der Waals surface area (Å²) in [5, 5.41) is 8.38. The second-order valence-electron chi connectivity index (χ2n) is 3.80. The zero-order valence-corrected chi connectivity index (χ0v) is 11.3. The normalized spacial score (nSPS) is 8.74. The first-order valence-electron chi connectivity index (χ1n) is 5.80. The van der Waals surface area contributed by atoms with Gasteiger partial charge in [0.05, 0.1) is 12.2 Å². The highest BCUT2D eigenvalue weighted by atomic mass is 16.5. The molecule has 0 fully saturated rings. The highest BCUT2D eigenvalue weighted by Gasteiger charge is 2.04. The Morgan fingerprint density at radius 2 is 1.89 bits per heavy atom. The van der Waals surface area contributed by atoms with Gasteiger partial charge in [-0.1, -0.05) is 61.7 Å². The fourth-order valence-corrected chi connectivity index (χ4v) is 1.02. The first-order chi connectivity index (χ1) is 9.02. The molecule has 0 bridgehead atoms. The Hall–Kier alpha value is -2.13. The van der Waals surface area contributed by atoms with Crippen molar-refractivity contribution in [1.29, 1.82) is 0 Å². The van der Waals surface area contributed by atoms with Crippen LogP contribution in [0.25, 0.3) is 5.57 Å². The highest BCUT2D eigenvalue weighted by molar-refractivity contribution is 5.87. The molecule has 0 unspecified atom stereocenters. The first-order valence-corrected chi connectivity index (χ1v) is 5.80. The summed E-state index contributed by atoms with van der Waals surface area (Å²) in [5.74, 6) is -0.581. The molecule has 0 aliphatic rings. The van der Waals surface area contributed by atoms with E-state index >= 15 is 0 Å². The average molecular weight is 260 g/mol. The monoisotopic (exact) mass is 260 g/mol. The van der Waals surface area contributed by atoms with Crippen LogP contribution in [0.4, 0.5) is 0 Å². The van der Waals surface area contributed by atoms with Gasteiger partial charge in [-0.3, -0.25) is 0 Å². The van der Waals surface area contributed by atoms with Crippen LogP contribution in [0, 0.1) is 0 Å². The lowest BCUT2D eigenvalue weighted by Gasteiger charge is -2.00. The van der Waals surface area contributed by atoms with Crippen LogP contribution in [0.15, 0.2) is 61.7 Å². The third-order valence-corrected chi connectivity index (χ3v) is 2.08. The quantitative estimate of drug-likeness (QED) is 0.503. The molecule has 0 aliphatic heterocycles. The van der Waals surface area contributed by atoms with Gasteiger partial charge in [-0.2, -0.15) is 0 Å². The number of esters is 1. The van der Waals surface area contributed by atoms with Crippen molar-refractivity contribution < 1.29 is 14.6 Å². The van der Waals surface area contributed by atoms with Gasteiger partial charge in [-0.05, 0) is 12.5 Å². The average Bonchev–Trinajstić information content (AvgIpc) is 2.45. The lowest BCUT2D eigenvalue weighted by molar-refractivity contribution is -0.138. The molecule has 3 heteroatoms. The lowest BCUT2D eigenvalue weighted by Crippen LogP contribution is -2.09. The van der Waals surface area contributed by atoms with E-state index < -0.39 is 5.97 Å². The molecule has 102 valence electrons. The standard InChI is InChI=1S/C9H10.C7H10O3/c1-8(2)9-6-4-3-5-7-9;1-3-4-10-7(9)6(2)5-8/h3-7H,1H2,2H3;3,8H,1-2,4-5H2. The number of allylic oxidation sites excluding steroid dienone is 1. The molecular weight excluding hydrogens is 240 g/mol. The van der Waals surface area contributed by atoms with Gasteiger partial charge in [0.25, 0.3) is 0 Å². The molecule has 1 aromatic rings. The van der Waals surface area contributed by atoms with Crippen LogP contribution in [0.3, 0.4) is 0 Å². The van der Waals surface area contributed by atoms with Crippen molar-refractivity contribution in [3.8, 4) is 0 Å². The fraction of sp³-hybridized carbons (Fsp3) is 0.188. The minimum atomic E-state index is -0.581. The Labute approximate surface area is 114 Å². The van der Waals surface area contributed by atoms with Crippen molar-refractivity contribution in [3.63, 3.8) is 0 Å². The van der Waals surface area contributed by atoms with Gasteiger partial charge < -0.3 is 9.84 Å². The Bertz CT molecular complexity index is 433. The Balaban J connectivity index is 0.000000342. The smallest absolute Gasteiger partial charge is 0.336 e. The third-order valence-electron chi connectivity index (χ3n) is 2.08. The molecule has 0 radical (unpaired) electrons. The number of carbonyl (C=O) groups excluding carboxylic acids is 1. The summed E-state index contributed by atoms with van der Waals surface area (Å²) in [4.78, 5) is 10.6. The van der Waals surface area contributed by atoms with E-state index in [1.165, 1.54) is 11.6 Å². The summed E-state index contributed by atoms with van der Waals surface area (Å²) in [6, 6.07) is 10.2. The number of carbonyl (C=O) groups is 1. The van der Waals surface area contributed by atoms with Crippen LogP contribution in [-0.4, -0.2) is 24.3 Å². The third kappa shape index (κ3) is 7.73. The molecule has 0 aromatic heterocycles. The van der Waals surface area contributed by atoms with E-state index in [2.05, 4.69) is 36.6 Å². The summed E-state index contributed by atoms with van der Waals surface area (Å²) in [7, 11) is 0. The number of rotatable bonds is 5. The molecule has 0 saturated carbocycles. The maximum Gasteiger partial charge on any atom is 0.336 e. The van der Waals surface area contributed by atoms with Crippen LogP contribution >= 0.6 is 0 Å². The summed E-state index contributed by atoms with van der Waals surface area (Å²) in [6.07, 6.45) is 1.45. The number of hydrogen-bond acceptors (Lipinski definition) is 3. The van der Waals surface area contributed by atoms with E-state index in [1.807, 2.05) is 25.1 Å². The van der Waals surface area contributed by atoms with E-state index in [9.17, 15) is 4.79 Å². The number of ether oxygens (including phenoxy) is 1. The molecule has 0 saturated heterocycles. The van der Waals surface area contributed by atoms with Crippen molar-refractivity contribution in [2.24, 2.45) is 0 Å². The van der Waals surface area contributed by atoms with Gasteiger partial charge in [0.2, 0.25) is 0 Å². The molecule has 1 aromatic carbocycles. The molecule has 1 N–H and O–H groups in total. The molecule has 0 heterocycles. The van der Waals surface area contributed by atoms with Crippen molar-refractivity contribution >= 4 is 11.5 Å². The molecular formula is C16H20O3. The lowest BCUT2D eigenvalue weighted by atomic mass is 10.1. The Kier molecular flexibility index (Phi) is 8.75. The molecule has 19 heavy (non-hydrogen) atoms. The first kappa shape index (κ1) is 16.9. The van der Waals surface area contributed by atoms with Gasteiger partial charge in [0.1, 0.15) is 6.61 Å². The van der Waals surface area contributed by atoms with Gasteiger partial charge in [-0.15, -0.1) is 0 Å². The molecule has 0 spiro atoms. The second-order valence-corrected chi connectivity index (χ2v) is 3.80. The van der Waals surface area contributed by atoms with E-state index in [0.717, 1.165) is 5.57 Å². The Morgan fingerprint density at radius 3 is 2.26 bits per heavy atom. The van der Waals surface area contributed by atoms with Crippen LogP contribution in [0.1, 0.15) is 12.5 Å². The summed E-state index contributed by atoms with van der Waals surface area (Å²) in [5.41, 5.74) is 2.40. The minimum absolute atomic E-state index is 0.0573. The van der Waals surface area contributed by atoms with E-state index in [-0.39, 0.29) is 18.8 Å². The van der Waals surface area contributed by atoms with Gasteiger partial charge in [0.15, 0.2) is 0 Å². The summed E-state index contributed by atoms with van der Waals surface area (Å²) < 4.78 is 4.53. The zero-order chi connectivity index (χ0) is 14.7. The number of aliphatic hydroxyl groups excluding tert-OH is 1. The minimum Gasteiger partial charge on any atom is -0.458 e. The number of aliphatic hydroxyl groups is 1. The van der Waals surface area contributed by atoms with Crippen molar-refractivity contribution in [1.82, 2.24) is 0 Å². The van der Waals surface area contributed by atoms with Crippen LogP contribution < -0.4 is 0 Å². The molecule has 3 nitrogen and oxygen atoms in total. The van der Waals surface area contributed by atoms with Crippen molar-refractivity contribution in [3.05, 3.63) is 67.3 Å². The van der Waals surface area contributed by atoms with E-state index in [4.69, 9.17) is 5.11 Å². The van der Waals surface area contributed by atoms with Crippen LogP contribution in [-0.2, 0) is 9.53 Å². The SMILES string of the molecule is C=C(C)c1ccccc1.C=CCOC(=O)C(=C)CO. The summed E-state index contributed by atoms with van der Waals surface area (Å²) >= 11 is 0. The van der Waals surface area contributed by atoms with E-state index in [1.54, 1.807) is 0 Å². The van der Waals surface area contributed by atoms with E-state index in [0.29, 0.717) is 0 Å². The van der Waals surface area contributed by atoms with Crippen LogP contribution in [0.5, 0.6) is 0 Å². The highest BCUT2D eigenvalue weighted by Crippen LogP contribution is 2.08. The largest absolute Gasteiger partial charge is 0.458 e. The van der Waals surface area contributed by atoms with Crippen molar-refractivity contribution in [2.75, 3.05) is 13.2 Å². The maximum absolute atomic E-state index is 10.6. The second kappa shape index (κ2) is 9.85. The van der Waals surface area contributed by atoms with Crippen molar-refractivity contribution in [2.45, 2.75) is 6.92 Å². The maximum atomic E-state index is 10.6. The topological polar surface area (TPSA) is 46.5 Å². The zero-order valence-electron chi connectivity index (χ0n) is 11.3. The van der Waals surface area contributed by atoms with Crippen LogP contribution in [0.2, 0.25) is 0 Å². The molecule has 0 amide bonds. The molecule has 0 aliphatic carbocycles. The fourth-order valence-electron chi connectivity index (χ4n) is 1.02. The van der Waals surface area contributed by atoms with Gasteiger partial charge >= 0.3 is 5.97 Å². The van der Waals surface area contributed by atoms with Gasteiger partial charge in [0, 0.05) is 0 Å². The number of hydrogen-bond donors (Lipinski definition) is 1. The summed E-state index contributed by atoms with van der Waals surface area (Å²) in [6.45, 7) is 12.2.